The SMILES string of the molecule is CC1CC(C(C)(C)CCc2cccc(C(F)(F)F)c2)C1. The largest absolute Gasteiger partial charge is 0.416 e. The molecule has 112 valence electrons. The zero-order valence-corrected chi connectivity index (χ0v) is 12.4. The lowest BCUT2D eigenvalue weighted by Gasteiger charge is -2.44. The Morgan fingerprint density at radius 2 is 1.80 bits per heavy atom. The summed E-state index contributed by atoms with van der Waals surface area (Å²) in [5.74, 6) is 1.54. The highest BCUT2D eigenvalue weighted by atomic mass is 19.4. The highest BCUT2D eigenvalue weighted by molar-refractivity contribution is 5.25. The summed E-state index contributed by atoms with van der Waals surface area (Å²) < 4.78 is 38.0. The van der Waals surface area contributed by atoms with Crippen LogP contribution in [0.5, 0.6) is 0 Å². The molecule has 0 atom stereocenters. The zero-order valence-electron chi connectivity index (χ0n) is 12.4. The molecule has 0 bridgehead atoms. The highest BCUT2D eigenvalue weighted by Crippen LogP contribution is 2.47. The van der Waals surface area contributed by atoms with Crippen LogP contribution >= 0.6 is 0 Å². The van der Waals surface area contributed by atoms with Crippen molar-refractivity contribution in [3.8, 4) is 0 Å². The Hall–Kier alpha value is -0.990. The number of benzene rings is 1. The van der Waals surface area contributed by atoms with E-state index in [9.17, 15) is 13.2 Å². The van der Waals surface area contributed by atoms with Crippen molar-refractivity contribution in [2.75, 3.05) is 0 Å². The monoisotopic (exact) mass is 284 g/mol. The van der Waals surface area contributed by atoms with E-state index in [1.54, 1.807) is 6.07 Å². The van der Waals surface area contributed by atoms with E-state index in [1.807, 2.05) is 0 Å². The van der Waals surface area contributed by atoms with E-state index in [0.717, 1.165) is 36.3 Å². The van der Waals surface area contributed by atoms with Gasteiger partial charge >= 0.3 is 6.18 Å². The summed E-state index contributed by atoms with van der Waals surface area (Å²) in [5.41, 5.74) is 0.478. The van der Waals surface area contributed by atoms with Crippen LogP contribution in [0.25, 0.3) is 0 Å². The smallest absolute Gasteiger partial charge is 0.166 e. The zero-order chi connectivity index (χ0) is 15.0. The molecule has 0 N–H and O–H groups in total. The summed E-state index contributed by atoms with van der Waals surface area (Å²) in [4.78, 5) is 0. The number of rotatable bonds is 4. The van der Waals surface area contributed by atoms with Gasteiger partial charge in [-0.1, -0.05) is 39.0 Å². The van der Waals surface area contributed by atoms with Gasteiger partial charge < -0.3 is 0 Å². The quantitative estimate of drug-likeness (QED) is 0.664. The number of hydrogen-bond acceptors (Lipinski definition) is 0. The first kappa shape index (κ1) is 15.4. The van der Waals surface area contributed by atoms with Crippen molar-refractivity contribution in [3.63, 3.8) is 0 Å². The number of aryl methyl sites for hydroxylation is 1. The number of hydrogen-bond donors (Lipinski definition) is 0. The molecule has 0 heterocycles. The average Bonchev–Trinajstić information content (AvgIpc) is 2.32. The number of alkyl halides is 3. The molecule has 0 unspecified atom stereocenters. The second-order valence-electron chi connectivity index (χ2n) is 6.96. The van der Waals surface area contributed by atoms with Gasteiger partial charge in [-0.05, 0) is 54.6 Å². The summed E-state index contributed by atoms with van der Waals surface area (Å²) in [5, 5.41) is 0. The summed E-state index contributed by atoms with van der Waals surface area (Å²) in [6, 6.07) is 5.74. The Morgan fingerprint density at radius 3 is 2.35 bits per heavy atom. The van der Waals surface area contributed by atoms with E-state index in [1.165, 1.54) is 25.0 Å². The van der Waals surface area contributed by atoms with E-state index in [-0.39, 0.29) is 5.41 Å². The third kappa shape index (κ3) is 3.56. The molecule has 0 saturated heterocycles. The van der Waals surface area contributed by atoms with Crippen molar-refractivity contribution >= 4 is 0 Å². The molecule has 0 aromatic heterocycles. The minimum absolute atomic E-state index is 0.223. The van der Waals surface area contributed by atoms with Gasteiger partial charge in [0.15, 0.2) is 0 Å². The molecule has 1 saturated carbocycles. The minimum Gasteiger partial charge on any atom is -0.166 e. The Morgan fingerprint density at radius 1 is 1.15 bits per heavy atom. The van der Waals surface area contributed by atoms with Crippen LogP contribution in [0.4, 0.5) is 13.2 Å². The molecule has 3 heteroatoms. The summed E-state index contributed by atoms with van der Waals surface area (Å²) in [6.07, 6.45) is -0.0480. The van der Waals surface area contributed by atoms with Crippen molar-refractivity contribution < 1.29 is 13.2 Å². The van der Waals surface area contributed by atoms with Gasteiger partial charge in [-0.3, -0.25) is 0 Å². The maximum absolute atomic E-state index is 12.7. The van der Waals surface area contributed by atoms with Gasteiger partial charge in [0, 0.05) is 0 Å². The van der Waals surface area contributed by atoms with E-state index >= 15 is 0 Å². The van der Waals surface area contributed by atoms with Crippen molar-refractivity contribution in [1.82, 2.24) is 0 Å². The lowest BCUT2D eigenvalue weighted by atomic mass is 9.61. The molecule has 0 aliphatic heterocycles. The van der Waals surface area contributed by atoms with Gasteiger partial charge in [0.2, 0.25) is 0 Å². The first-order valence-corrected chi connectivity index (χ1v) is 7.34. The summed E-state index contributed by atoms with van der Waals surface area (Å²) >= 11 is 0. The number of halogens is 3. The van der Waals surface area contributed by atoms with Crippen LogP contribution in [0.15, 0.2) is 24.3 Å². The van der Waals surface area contributed by atoms with Crippen LogP contribution in [-0.4, -0.2) is 0 Å². The molecule has 1 aliphatic carbocycles. The van der Waals surface area contributed by atoms with Gasteiger partial charge in [-0.2, -0.15) is 13.2 Å². The third-order valence-electron chi connectivity index (χ3n) is 4.79. The molecule has 0 spiro atoms. The molecule has 2 rings (SSSR count). The maximum atomic E-state index is 12.7. The van der Waals surface area contributed by atoms with Crippen molar-refractivity contribution in [1.29, 1.82) is 0 Å². The molecular weight excluding hydrogens is 261 g/mol. The first-order valence-electron chi connectivity index (χ1n) is 7.34. The summed E-state index contributed by atoms with van der Waals surface area (Å²) in [7, 11) is 0. The molecule has 1 aromatic carbocycles. The fraction of sp³-hybridized carbons (Fsp3) is 0.647. The van der Waals surface area contributed by atoms with E-state index < -0.39 is 11.7 Å². The molecule has 0 radical (unpaired) electrons. The molecular formula is C17H23F3. The van der Waals surface area contributed by atoms with Crippen LogP contribution in [0.3, 0.4) is 0 Å². The van der Waals surface area contributed by atoms with Crippen LogP contribution in [0.2, 0.25) is 0 Å². The molecule has 1 fully saturated rings. The fourth-order valence-electron chi connectivity index (χ4n) is 3.11. The Balaban J connectivity index is 1.97. The van der Waals surface area contributed by atoms with Crippen LogP contribution in [0.1, 0.15) is 51.2 Å². The predicted octanol–water partition coefficient (Wildman–Crippen LogP) is 5.71. The van der Waals surface area contributed by atoms with Gasteiger partial charge in [-0.15, -0.1) is 0 Å². The molecule has 0 amide bonds. The lowest BCUT2D eigenvalue weighted by molar-refractivity contribution is -0.137. The molecule has 1 aromatic rings. The predicted molar refractivity (Wildman–Crippen MR) is 75.4 cm³/mol. The standard InChI is InChI=1S/C17H23F3/c1-12-9-15(10-12)16(2,3)8-7-13-5-4-6-14(11-13)17(18,19)20/h4-6,11-12,15H,7-10H2,1-3H3. The van der Waals surface area contributed by atoms with Crippen LogP contribution in [0, 0.1) is 17.3 Å². The minimum atomic E-state index is -4.24. The van der Waals surface area contributed by atoms with Crippen molar-refractivity contribution in [3.05, 3.63) is 35.4 Å². The Kier molecular flexibility index (Phi) is 4.17. The van der Waals surface area contributed by atoms with Gasteiger partial charge in [0.05, 0.1) is 5.56 Å². The third-order valence-corrected chi connectivity index (χ3v) is 4.79. The molecule has 1 aliphatic rings. The van der Waals surface area contributed by atoms with Crippen molar-refractivity contribution in [2.45, 2.75) is 52.6 Å². The van der Waals surface area contributed by atoms with Crippen LogP contribution < -0.4 is 0 Å². The second kappa shape index (κ2) is 5.42. The topological polar surface area (TPSA) is 0 Å². The normalized spacial score (nSPS) is 23.5. The van der Waals surface area contributed by atoms with Crippen LogP contribution in [-0.2, 0) is 12.6 Å². The molecule has 0 nitrogen and oxygen atoms in total. The van der Waals surface area contributed by atoms with Gasteiger partial charge in [0.1, 0.15) is 0 Å². The Bertz CT molecular complexity index is 454. The second-order valence-corrected chi connectivity index (χ2v) is 6.96. The first-order chi connectivity index (χ1) is 9.18. The van der Waals surface area contributed by atoms with E-state index in [0.29, 0.717) is 0 Å². The average molecular weight is 284 g/mol. The van der Waals surface area contributed by atoms with Crippen molar-refractivity contribution in [2.24, 2.45) is 17.3 Å². The van der Waals surface area contributed by atoms with Gasteiger partial charge in [-0.25, -0.2) is 0 Å². The van der Waals surface area contributed by atoms with E-state index in [4.69, 9.17) is 0 Å². The Labute approximate surface area is 119 Å². The highest BCUT2D eigenvalue weighted by Gasteiger charge is 2.37. The fourth-order valence-corrected chi connectivity index (χ4v) is 3.11. The van der Waals surface area contributed by atoms with Gasteiger partial charge in [0.25, 0.3) is 0 Å². The maximum Gasteiger partial charge on any atom is 0.416 e. The summed E-state index contributed by atoms with van der Waals surface area (Å²) in [6.45, 7) is 6.76. The van der Waals surface area contributed by atoms with E-state index in [2.05, 4.69) is 20.8 Å². The lowest BCUT2D eigenvalue weighted by Crippen LogP contribution is -2.34. The molecule has 20 heavy (non-hydrogen) atoms.